The molecule has 0 unspecified atom stereocenters. The number of aromatic nitrogens is 5. The van der Waals surface area contributed by atoms with Crippen molar-refractivity contribution in [2.24, 2.45) is 5.92 Å². The first-order valence-electron chi connectivity index (χ1n) is 13.6. The molecule has 0 radical (unpaired) electrons. The van der Waals surface area contributed by atoms with E-state index in [0.717, 1.165) is 35.6 Å². The average Bonchev–Trinajstić information content (AvgIpc) is 3.54. The first-order chi connectivity index (χ1) is 20.3. The fraction of sp³-hybridized carbons (Fsp3) is 0.300. The molecule has 6 rings (SSSR count). The van der Waals surface area contributed by atoms with Gasteiger partial charge in [0.1, 0.15) is 5.69 Å². The molecular weight excluding hydrogens is 566 g/mol. The van der Waals surface area contributed by atoms with Crippen molar-refractivity contribution in [3.63, 3.8) is 0 Å². The summed E-state index contributed by atoms with van der Waals surface area (Å²) in [6, 6.07) is 16.2. The van der Waals surface area contributed by atoms with Gasteiger partial charge in [-0.05, 0) is 61.9 Å². The largest absolute Gasteiger partial charge is 0.349 e. The van der Waals surface area contributed by atoms with Crippen LogP contribution in [0.2, 0.25) is 5.02 Å². The Kier molecular flexibility index (Phi) is 7.59. The minimum Gasteiger partial charge on any atom is -0.349 e. The van der Waals surface area contributed by atoms with Crippen molar-refractivity contribution < 1.29 is 18.1 Å². The number of carbonyl (C=O) groups is 1. The molecule has 5 aromatic rings. The lowest BCUT2D eigenvalue weighted by molar-refractivity contribution is 0.0904. The maximum Gasteiger partial charge on any atom is 0.333 e. The number of para-hydroxylation sites is 2. The smallest absolute Gasteiger partial charge is 0.333 e. The third-order valence-corrected chi connectivity index (χ3v) is 7.89. The van der Waals surface area contributed by atoms with E-state index >= 15 is 0 Å². The molecule has 12 heteroatoms. The maximum absolute atomic E-state index is 13.8. The number of nitrogens with one attached hydrogen (secondary N) is 1. The van der Waals surface area contributed by atoms with Crippen LogP contribution in [0.25, 0.3) is 28.1 Å². The summed E-state index contributed by atoms with van der Waals surface area (Å²) >= 11 is 5.91. The van der Waals surface area contributed by atoms with E-state index in [2.05, 4.69) is 20.4 Å². The van der Waals surface area contributed by atoms with E-state index in [1.807, 2.05) is 48.5 Å². The highest BCUT2D eigenvalue weighted by atomic mass is 35.5. The zero-order chi connectivity index (χ0) is 29.4. The highest BCUT2D eigenvalue weighted by molar-refractivity contribution is 6.30. The highest BCUT2D eigenvalue weighted by Gasteiger charge is 2.27. The molecule has 1 aliphatic rings. The zero-order valence-corrected chi connectivity index (χ0v) is 23.4. The number of amides is 1. The second-order valence-corrected chi connectivity index (χ2v) is 10.9. The first kappa shape index (κ1) is 27.8. The molecule has 1 amide bonds. The number of nitrogens with zero attached hydrogens (tertiary/aromatic N) is 5. The lowest BCUT2D eigenvalue weighted by atomic mass is 9.85. The lowest BCUT2D eigenvalue weighted by Gasteiger charge is -2.29. The normalized spacial score (nSPS) is 17.2. The van der Waals surface area contributed by atoms with Crippen molar-refractivity contribution in [2.75, 3.05) is 0 Å². The molecule has 1 fully saturated rings. The minimum atomic E-state index is -2.88. The molecule has 1 N–H and O–H groups in total. The molecule has 3 aromatic heterocycles. The lowest BCUT2D eigenvalue weighted by Crippen LogP contribution is -2.39. The summed E-state index contributed by atoms with van der Waals surface area (Å²) in [5.74, 6) is 0.499. The van der Waals surface area contributed by atoms with Gasteiger partial charge in [-0.1, -0.05) is 41.0 Å². The Morgan fingerprint density at radius 1 is 1.10 bits per heavy atom. The summed E-state index contributed by atoms with van der Waals surface area (Å²) in [5.41, 5.74) is 2.10. The van der Waals surface area contributed by atoms with E-state index < -0.39 is 18.0 Å². The van der Waals surface area contributed by atoms with E-state index in [0.29, 0.717) is 36.8 Å². The Balaban J connectivity index is 1.19. The van der Waals surface area contributed by atoms with E-state index in [9.17, 15) is 18.4 Å². The number of alkyl halides is 2. The third kappa shape index (κ3) is 5.44. The van der Waals surface area contributed by atoms with Gasteiger partial charge in [0, 0.05) is 31.3 Å². The van der Waals surface area contributed by atoms with Gasteiger partial charge >= 0.3 is 5.69 Å². The number of hydrogen-bond acceptors (Lipinski definition) is 6. The Morgan fingerprint density at radius 2 is 1.86 bits per heavy atom. The summed E-state index contributed by atoms with van der Waals surface area (Å²) < 4.78 is 35.4. The zero-order valence-electron chi connectivity index (χ0n) is 22.6. The summed E-state index contributed by atoms with van der Waals surface area (Å²) in [6.45, 7) is 2.24. The molecule has 216 valence electrons. The van der Waals surface area contributed by atoms with Crippen molar-refractivity contribution in [3.05, 3.63) is 93.4 Å². The average molecular weight is 593 g/mol. The molecule has 0 spiro atoms. The number of fused-ring (bicyclic) bond motifs is 1. The predicted molar refractivity (Wildman–Crippen MR) is 153 cm³/mol. The van der Waals surface area contributed by atoms with E-state index in [4.69, 9.17) is 16.1 Å². The summed E-state index contributed by atoms with van der Waals surface area (Å²) in [4.78, 5) is 34.6. The summed E-state index contributed by atoms with van der Waals surface area (Å²) in [7, 11) is 0. The van der Waals surface area contributed by atoms with Crippen molar-refractivity contribution in [1.82, 2.24) is 29.6 Å². The van der Waals surface area contributed by atoms with Crippen molar-refractivity contribution in [1.29, 1.82) is 0 Å². The molecule has 0 saturated heterocycles. The maximum atomic E-state index is 13.8. The van der Waals surface area contributed by atoms with Gasteiger partial charge in [-0.15, -0.1) is 0 Å². The number of benzene rings is 2. The van der Waals surface area contributed by atoms with Crippen LogP contribution in [0.5, 0.6) is 0 Å². The van der Waals surface area contributed by atoms with Crippen molar-refractivity contribution in [3.8, 4) is 17.1 Å². The van der Waals surface area contributed by atoms with Gasteiger partial charge in [-0.2, -0.15) is 4.98 Å². The van der Waals surface area contributed by atoms with E-state index in [-0.39, 0.29) is 28.2 Å². The SMILES string of the molecule is Cc1nc(-c2cccc(-n3c(=O)n(C[C@H]4CC[C@H](NC(=O)c5cc(Cl)cnc5C(F)F)CC4)c4ccccc43)c2)no1. The minimum absolute atomic E-state index is 0.120. The Hall–Kier alpha value is -4.38. The number of pyridine rings is 1. The summed E-state index contributed by atoms with van der Waals surface area (Å²) in [6.07, 6.45) is 1.07. The molecule has 42 heavy (non-hydrogen) atoms. The molecule has 1 aliphatic carbocycles. The van der Waals surface area contributed by atoms with Crippen LogP contribution < -0.4 is 11.0 Å². The number of aryl methyl sites for hydroxylation is 1. The fourth-order valence-corrected chi connectivity index (χ4v) is 5.81. The number of imidazole rings is 1. The Labute approximate surface area is 244 Å². The number of halogens is 3. The van der Waals surface area contributed by atoms with Gasteiger partial charge in [0.05, 0.1) is 27.3 Å². The van der Waals surface area contributed by atoms with E-state index in [1.54, 1.807) is 16.1 Å². The molecule has 2 aromatic carbocycles. The molecule has 0 atom stereocenters. The second-order valence-electron chi connectivity index (χ2n) is 10.5. The molecule has 1 saturated carbocycles. The standard InChI is InChI=1S/C30H27ClF2N6O3/c1-17-35-28(37-42-17)19-5-4-6-22(13-19)39-25-8-3-2-7-24(25)38(30(39)41)16-18-9-11-21(12-10-18)36-29(40)23-14-20(31)15-34-26(23)27(32)33/h2-8,13-15,18,21,27H,9-12,16H2,1H3,(H,36,40)/t18-,21-. The van der Waals surface area contributed by atoms with Gasteiger partial charge < -0.3 is 9.84 Å². The van der Waals surface area contributed by atoms with Crippen molar-refractivity contribution >= 4 is 28.5 Å². The van der Waals surface area contributed by atoms with Crippen LogP contribution in [0, 0.1) is 12.8 Å². The molecular formula is C30H27ClF2N6O3. The molecule has 9 nitrogen and oxygen atoms in total. The van der Waals surface area contributed by atoms with Crippen LogP contribution in [-0.2, 0) is 6.54 Å². The van der Waals surface area contributed by atoms with Gasteiger partial charge in [-0.25, -0.2) is 13.6 Å². The predicted octanol–water partition coefficient (Wildman–Crippen LogP) is 6.13. The van der Waals surface area contributed by atoms with Gasteiger partial charge in [-0.3, -0.25) is 18.9 Å². The van der Waals surface area contributed by atoms with Gasteiger partial charge in [0.25, 0.3) is 12.3 Å². The van der Waals surface area contributed by atoms with Gasteiger partial charge in [0.2, 0.25) is 11.7 Å². The van der Waals surface area contributed by atoms with Crippen LogP contribution in [0.15, 0.2) is 70.1 Å². The van der Waals surface area contributed by atoms with Crippen LogP contribution in [0.1, 0.15) is 54.1 Å². The third-order valence-electron chi connectivity index (χ3n) is 7.68. The van der Waals surface area contributed by atoms with Crippen LogP contribution in [0.4, 0.5) is 8.78 Å². The van der Waals surface area contributed by atoms with Crippen LogP contribution in [0.3, 0.4) is 0 Å². The number of rotatable bonds is 7. The molecule has 0 aliphatic heterocycles. The first-order valence-corrected chi connectivity index (χ1v) is 14.0. The topological polar surface area (TPSA) is 108 Å². The quantitative estimate of drug-likeness (QED) is 0.244. The second kappa shape index (κ2) is 11.5. The van der Waals surface area contributed by atoms with Gasteiger partial charge in [0.15, 0.2) is 0 Å². The molecule has 3 heterocycles. The molecule has 0 bridgehead atoms. The Bertz CT molecular complexity index is 1820. The van der Waals surface area contributed by atoms with Crippen LogP contribution >= 0.6 is 11.6 Å². The van der Waals surface area contributed by atoms with Crippen LogP contribution in [-0.4, -0.2) is 36.2 Å². The summed E-state index contributed by atoms with van der Waals surface area (Å²) in [5, 5.41) is 6.99. The fourth-order valence-electron chi connectivity index (χ4n) is 5.65. The highest BCUT2D eigenvalue weighted by Crippen LogP contribution is 2.29. The monoisotopic (exact) mass is 592 g/mol. The number of hydrogen-bond donors (Lipinski definition) is 1. The van der Waals surface area contributed by atoms with Crippen molar-refractivity contribution in [2.45, 2.75) is 51.6 Å². The Morgan fingerprint density at radius 3 is 2.57 bits per heavy atom. The van der Waals surface area contributed by atoms with E-state index in [1.165, 1.54) is 6.07 Å². The number of carbonyl (C=O) groups excluding carboxylic acids is 1.